The average molecular weight is 184 g/mol. The summed E-state index contributed by atoms with van der Waals surface area (Å²) in [6, 6.07) is 9.31. The van der Waals surface area contributed by atoms with Gasteiger partial charge in [-0.25, -0.2) is 4.98 Å². The van der Waals surface area contributed by atoms with Crippen LogP contribution in [-0.4, -0.2) is 9.66 Å². The number of hydrogen-bond donors (Lipinski definition) is 1. The Morgan fingerprint density at radius 1 is 1.29 bits per heavy atom. The average Bonchev–Trinajstić information content (AvgIpc) is 2.71. The highest BCUT2D eigenvalue weighted by Gasteiger charge is 2.00. The second-order valence-corrected chi connectivity index (χ2v) is 2.71. The van der Waals surface area contributed by atoms with Gasteiger partial charge in [0.25, 0.3) is 0 Å². The lowest BCUT2D eigenvalue weighted by molar-refractivity contribution is 0.951. The number of nitrogens with one attached hydrogen (secondary N) is 1. The Hall–Kier alpha value is -2.28. The van der Waals surface area contributed by atoms with Crippen LogP contribution in [0.4, 0.5) is 5.82 Å². The number of nitriles is 1. The molecule has 0 saturated heterocycles. The van der Waals surface area contributed by atoms with E-state index in [2.05, 4.69) is 16.5 Å². The van der Waals surface area contributed by atoms with Gasteiger partial charge in [0.05, 0.1) is 5.56 Å². The van der Waals surface area contributed by atoms with Crippen LogP contribution >= 0.6 is 0 Å². The molecule has 2 heterocycles. The minimum absolute atomic E-state index is 0.529. The molecule has 0 aliphatic heterocycles. The molecule has 0 radical (unpaired) electrons. The maximum atomic E-state index is 8.81. The third-order valence-electron chi connectivity index (χ3n) is 1.77. The van der Waals surface area contributed by atoms with Crippen molar-refractivity contribution < 1.29 is 0 Å². The molecule has 0 atom stereocenters. The monoisotopic (exact) mass is 184 g/mol. The summed E-state index contributed by atoms with van der Waals surface area (Å²) in [7, 11) is 0. The van der Waals surface area contributed by atoms with Gasteiger partial charge in [-0.2, -0.15) is 5.26 Å². The Bertz CT molecular complexity index is 453. The standard InChI is InChI=1S/C10H8N4/c11-8-9-4-3-5-12-10(9)13-14-6-1-2-7-14/h1-7H,(H,12,13). The lowest BCUT2D eigenvalue weighted by Gasteiger charge is -2.06. The highest BCUT2D eigenvalue weighted by molar-refractivity contribution is 5.50. The number of rotatable bonds is 2. The third kappa shape index (κ3) is 1.57. The van der Waals surface area contributed by atoms with Gasteiger partial charge in [-0.15, -0.1) is 0 Å². The van der Waals surface area contributed by atoms with Gasteiger partial charge in [0.15, 0.2) is 5.82 Å². The quantitative estimate of drug-likeness (QED) is 0.771. The number of hydrogen-bond acceptors (Lipinski definition) is 3. The summed E-state index contributed by atoms with van der Waals surface area (Å²) in [5.41, 5.74) is 3.52. The maximum Gasteiger partial charge on any atom is 0.162 e. The molecule has 0 spiro atoms. The van der Waals surface area contributed by atoms with Gasteiger partial charge in [0, 0.05) is 18.6 Å². The normalized spacial score (nSPS) is 9.36. The van der Waals surface area contributed by atoms with Crippen LogP contribution in [-0.2, 0) is 0 Å². The molecule has 0 aromatic carbocycles. The Morgan fingerprint density at radius 2 is 2.07 bits per heavy atom. The van der Waals surface area contributed by atoms with Gasteiger partial charge < -0.3 is 0 Å². The molecule has 0 fully saturated rings. The Kier molecular flexibility index (Phi) is 2.15. The van der Waals surface area contributed by atoms with Crippen molar-refractivity contribution in [2.75, 3.05) is 5.43 Å². The highest BCUT2D eigenvalue weighted by atomic mass is 15.4. The van der Waals surface area contributed by atoms with Crippen LogP contribution in [0.25, 0.3) is 0 Å². The fourth-order valence-electron chi connectivity index (χ4n) is 1.12. The lowest BCUT2D eigenvalue weighted by Crippen LogP contribution is -2.08. The summed E-state index contributed by atoms with van der Waals surface area (Å²) in [4.78, 5) is 4.07. The van der Waals surface area contributed by atoms with Crippen molar-refractivity contribution in [2.24, 2.45) is 0 Å². The van der Waals surface area contributed by atoms with E-state index < -0.39 is 0 Å². The molecule has 68 valence electrons. The summed E-state index contributed by atoms with van der Waals surface area (Å²) < 4.78 is 1.74. The zero-order chi connectivity index (χ0) is 9.80. The predicted molar refractivity (Wildman–Crippen MR) is 52.4 cm³/mol. The van der Waals surface area contributed by atoms with Crippen LogP contribution in [0.2, 0.25) is 0 Å². The Labute approximate surface area is 81.4 Å². The van der Waals surface area contributed by atoms with E-state index in [0.29, 0.717) is 11.4 Å². The topological polar surface area (TPSA) is 53.6 Å². The van der Waals surface area contributed by atoms with Crippen molar-refractivity contribution in [2.45, 2.75) is 0 Å². The second kappa shape index (κ2) is 3.62. The van der Waals surface area contributed by atoms with E-state index in [1.165, 1.54) is 0 Å². The number of nitrogens with zero attached hydrogens (tertiary/aromatic N) is 3. The molecule has 0 aliphatic carbocycles. The second-order valence-electron chi connectivity index (χ2n) is 2.71. The van der Waals surface area contributed by atoms with E-state index >= 15 is 0 Å². The van der Waals surface area contributed by atoms with Crippen molar-refractivity contribution >= 4 is 5.82 Å². The van der Waals surface area contributed by atoms with Crippen LogP contribution in [0, 0.1) is 11.3 Å². The molecule has 14 heavy (non-hydrogen) atoms. The van der Waals surface area contributed by atoms with Crippen LogP contribution in [0.1, 0.15) is 5.56 Å². The Morgan fingerprint density at radius 3 is 2.79 bits per heavy atom. The van der Waals surface area contributed by atoms with Crippen molar-refractivity contribution in [3.63, 3.8) is 0 Å². The molecule has 0 unspecified atom stereocenters. The molecular formula is C10H8N4. The molecule has 4 heteroatoms. The van der Waals surface area contributed by atoms with Crippen molar-refractivity contribution in [3.05, 3.63) is 48.4 Å². The summed E-state index contributed by atoms with van der Waals surface area (Å²) in [5.74, 6) is 0.561. The smallest absolute Gasteiger partial charge is 0.162 e. The molecule has 0 amide bonds. The minimum Gasteiger partial charge on any atom is -0.277 e. The number of anilines is 1. The van der Waals surface area contributed by atoms with E-state index in [1.54, 1.807) is 23.0 Å². The predicted octanol–water partition coefficient (Wildman–Crippen LogP) is 1.63. The zero-order valence-corrected chi connectivity index (χ0v) is 7.38. The van der Waals surface area contributed by atoms with Crippen molar-refractivity contribution in [1.29, 1.82) is 5.26 Å². The third-order valence-corrected chi connectivity index (χ3v) is 1.77. The molecule has 4 nitrogen and oxygen atoms in total. The zero-order valence-electron chi connectivity index (χ0n) is 7.38. The maximum absolute atomic E-state index is 8.81. The molecule has 0 saturated carbocycles. The first-order valence-electron chi connectivity index (χ1n) is 4.15. The molecule has 0 bridgehead atoms. The first-order valence-corrected chi connectivity index (χ1v) is 4.15. The lowest BCUT2D eigenvalue weighted by atomic mass is 10.3. The van der Waals surface area contributed by atoms with Gasteiger partial charge >= 0.3 is 0 Å². The van der Waals surface area contributed by atoms with E-state index in [4.69, 9.17) is 5.26 Å². The SMILES string of the molecule is N#Cc1cccnc1Nn1cccc1. The van der Waals surface area contributed by atoms with Crippen LogP contribution < -0.4 is 5.43 Å². The molecule has 2 rings (SSSR count). The first-order chi connectivity index (χ1) is 6.90. The Balaban J connectivity index is 2.30. The minimum atomic E-state index is 0.529. The van der Waals surface area contributed by atoms with Crippen LogP contribution in [0.3, 0.4) is 0 Å². The molecule has 2 aromatic heterocycles. The summed E-state index contributed by atoms with van der Waals surface area (Å²) in [6.45, 7) is 0. The summed E-state index contributed by atoms with van der Waals surface area (Å²) in [6.07, 6.45) is 5.33. The first kappa shape index (κ1) is 8.32. The van der Waals surface area contributed by atoms with Gasteiger partial charge in [0.2, 0.25) is 0 Å². The fourth-order valence-corrected chi connectivity index (χ4v) is 1.12. The van der Waals surface area contributed by atoms with Crippen LogP contribution in [0.15, 0.2) is 42.9 Å². The highest BCUT2D eigenvalue weighted by Crippen LogP contribution is 2.09. The fraction of sp³-hybridized carbons (Fsp3) is 0. The summed E-state index contributed by atoms with van der Waals surface area (Å²) >= 11 is 0. The number of aromatic nitrogens is 2. The van der Waals surface area contributed by atoms with Gasteiger partial charge in [-0.3, -0.25) is 10.1 Å². The van der Waals surface area contributed by atoms with E-state index in [9.17, 15) is 0 Å². The molecule has 0 aliphatic rings. The molecular weight excluding hydrogens is 176 g/mol. The van der Waals surface area contributed by atoms with Crippen LogP contribution in [0.5, 0.6) is 0 Å². The van der Waals surface area contributed by atoms with Crippen molar-refractivity contribution in [3.8, 4) is 6.07 Å². The molecule has 1 N–H and O–H groups in total. The van der Waals surface area contributed by atoms with E-state index in [1.807, 2.05) is 24.5 Å². The van der Waals surface area contributed by atoms with Crippen molar-refractivity contribution in [1.82, 2.24) is 9.66 Å². The van der Waals surface area contributed by atoms with Gasteiger partial charge in [-0.05, 0) is 24.3 Å². The van der Waals surface area contributed by atoms with Gasteiger partial charge in [-0.1, -0.05) is 0 Å². The number of pyridine rings is 1. The largest absolute Gasteiger partial charge is 0.277 e. The summed E-state index contributed by atoms with van der Waals surface area (Å²) in [5, 5.41) is 8.81. The van der Waals surface area contributed by atoms with E-state index in [-0.39, 0.29) is 0 Å². The molecule has 2 aromatic rings. The van der Waals surface area contributed by atoms with E-state index in [0.717, 1.165) is 0 Å². The van der Waals surface area contributed by atoms with Gasteiger partial charge in [0.1, 0.15) is 6.07 Å².